The Kier molecular flexibility index (Phi) is 3.32. The molecule has 4 N–H and O–H groups in total. The van der Waals surface area contributed by atoms with E-state index < -0.39 is 6.04 Å². The number of hydrogen-bond donors (Lipinski definition) is 3. The van der Waals surface area contributed by atoms with E-state index in [1.807, 2.05) is 6.92 Å². The SMILES string of the molecule is CC[C@@H](N)C(=O)NCc1nn[nH]n1. The molecule has 1 rings (SSSR count). The van der Waals surface area contributed by atoms with Gasteiger partial charge in [-0.05, 0) is 6.42 Å². The van der Waals surface area contributed by atoms with Gasteiger partial charge in [0.15, 0.2) is 5.82 Å². The molecule has 13 heavy (non-hydrogen) atoms. The smallest absolute Gasteiger partial charge is 0.237 e. The van der Waals surface area contributed by atoms with Crippen molar-refractivity contribution in [3.05, 3.63) is 5.82 Å². The van der Waals surface area contributed by atoms with E-state index in [-0.39, 0.29) is 12.5 Å². The normalized spacial score (nSPS) is 12.5. The Labute approximate surface area is 75.1 Å². The first-order valence-electron chi connectivity index (χ1n) is 3.99. The number of amides is 1. The van der Waals surface area contributed by atoms with Crippen LogP contribution in [0.1, 0.15) is 19.2 Å². The monoisotopic (exact) mass is 184 g/mol. The molecular weight excluding hydrogens is 172 g/mol. The van der Waals surface area contributed by atoms with Gasteiger partial charge in [-0.2, -0.15) is 5.21 Å². The summed E-state index contributed by atoms with van der Waals surface area (Å²) >= 11 is 0. The van der Waals surface area contributed by atoms with Gasteiger partial charge >= 0.3 is 0 Å². The molecule has 0 saturated heterocycles. The van der Waals surface area contributed by atoms with Crippen LogP contribution in [-0.2, 0) is 11.3 Å². The summed E-state index contributed by atoms with van der Waals surface area (Å²) in [7, 11) is 0. The number of aromatic amines is 1. The van der Waals surface area contributed by atoms with E-state index in [9.17, 15) is 4.79 Å². The largest absolute Gasteiger partial charge is 0.347 e. The minimum absolute atomic E-state index is 0.202. The highest BCUT2D eigenvalue weighted by molar-refractivity contribution is 5.81. The van der Waals surface area contributed by atoms with E-state index >= 15 is 0 Å². The van der Waals surface area contributed by atoms with E-state index in [2.05, 4.69) is 25.9 Å². The minimum Gasteiger partial charge on any atom is -0.347 e. The third-order valence-electron chi connectivity index (χ3n) is 1.59. The lowest BCUT2D eigenvalue weighted by Crippen LogP contribution is -2.39. The van der Waals surface area contributed by atoms with Crippen LogP contribution in [0.2, 0.25) is 0 Å². The Hall–Kier alpha value is -1.50. The molecule has 0 aliphatic carbocycles. The summed E-state index contributed by atoms with van der Waals surface area (Å²) in [4.78, 5) is 11.1. The summed E-state index contributed by atoms with van der Waals surface area (Å²) in [5, 5.41) is 15.6. The van der Waals surface area contributed by atoms with Gasteiger partial charge in [-0.1, -0.05) is 12.1 Å². The number of carbonyl (C=O) groups excluding carboxylic acids is 1. The fourth-order valence-electron chi connectivity index (χ4n) is 0.740. The van der Waals surface area contributed by atoms with Crippen LogP contribution >= 0.6 is 0 Å². The molecule has 0 spiro atoms. The molecule has 0 radical (unpaired) electrons. The standard InChI is InChI=1S/C6H12N6O/c1-2-4(7)6(13)8-3-5-9-11-12-10-5/h4H,2-3,7H2,1H3,(H,8,13)(H,9,10,11,12)/t4-/m1/s1. The summed E-state index contributed by atoms with van der Waals surface area (Å²) < 4.78 is 0. The highest BCUT2D eigenvalue weighted by Crippen LogP contribution is 1.87. The number of hydrogen-bond acceptors (Lipinski definition) is 5. The zero-order chi connectivity index (χ0) is 9.68. The molecule has 0 aliphatic heterocycles. The number of nitrogens with zero attached hydrogens (tertiary/aromatic N) is 3. The van der Waals surface area contributed by atoms with Crippen LogP contribution in [-0.4, -0.2) is 32.6 Å². The van der Waals surface area contributed by atoms with Gasteiger partial charge in [0.2, 0.25) is 5.91 Å². The number of tetrazole rings is 1. The highest BCUT2D eigenvalue weighted by atomic mass is 16.2. The van der Waals surface area contributed by atoms with Crippen molar-refractivity contribution in [2.45, 2.75) is 25.9 Å². The summed E-state index contributed by atoms with van der Waals surface area (Å²) in [5.41, 5.74) is 5.48. The number of H-pyrrole nitrogens is 1. The maximum atomic E-state index is 11.1. The van der Waals surface area contributed by atoms with Crippen LogP contribution in [0, 0.1) is 0 Å². The van der Waals surface area contributed by atoms with Crippen molar-refractivity contribution < 1.29 is 4.79 Å². The fourth-order valence-corrected chi connectivity index (χ4v) is 0.740. The van der Waals surface area contributed by atoms with Gasteiger partial charge in [-0.15, -0.1) is 10.2 Å². The molecule has 0 unspecified atom stereocenters. The molecule has 0 saturated carbocycles. The fraction of sp³-hybridized carbons (Fsp3) is 0.667. The number of nitrogens with two attached hydrogens (primary N) is 1. The third-order valence-corrected chi connectivity index (χ3v) is 1.59. The quantitative estimate of drug-likeness (QED) is 0.530. The number of nitrogens with one attached hydrogen (secondary N) is 2. The molecule has 0 aromatic carbocycles. The predicted octanol–water partition coefficient (Wildman–Crippen LogP) is -1.45. The first-order chi connectivity index (χ1) is 6.24. The van der Waals surface area contributed by atoms with Crippen molar-refractivity contribution in [3.8, 4) is 0 Å². The third kappa shape index (κ3) is 2.79. The van der Waals surface area contributed by atoms with Crippen molar-refractivity contribution in [2.24, 2.45) is 5.73 Å². The number of aromatic nitrogens is 4. The van der Waals surface area contributed by atoms with Gasteiger partial charge in [0, 0.05) is 0 Å². The lowest BCUT2D eigenvalue weighted by molar-refractivity contribution is -0.122. The molecule has 7 nitrogen and oxygen atoms in total. The maximum absolute atomic E-state index is 11.1. The van der Waals surface area contributed by atoms with E-state index in [4.69, 9.17) is 5.73 Å². The number of rotatable bonds is 4. The second-order valence-corrected chi connectivity index (χ2v) is 2.56. The van der Waals surface area contributed by atoms with Crippen LogP contribution in [0.25, 0.3) is 0 Å². The van der Waals surface area contributed by atoms with Crippen molar-refractivity contribution in [1.82, 2.24) is 25.9 Å². The van der Waals surface area contributed by atoms with Crippen LogP contribution in [0.15, 0.2) is 0 Å². The molecule has 1 aromatic rings. The maximum Gasteiger partial charge on any atom is 0.237 e. The molecule has 0 aliphatic rings. The number of carbonyl (C=O) groups is 1. The molecule has 0 bridgehead atoms. The van der Waals surface area contributed by atoms with E-state index in [0.717, 1.165) is 0 Å². The second kappa shape index (κ2) is 4.51. The molecule has 0 fully saturated rings. The Balaban J connectivity index is 2.31. The highest BCUT2D eigenvalue weighted by Gasteiger charge is 2.10. The van der Waals surface area contributed by atoms with Gasteiger partial charge in [0.25, 0.3) is 0 Å². The molecule has 1 atom stereocenters. The van der Waals surface area contributed by atoms with Crippen molar-refractivity contribution in [1.29, 1.82) is 0 Å². The molecule has 72 valence electrons. The first-order valence-corrected chi connectivity index (χ1v) is 3.99. The van der Waals surface area contributed by atoms with Crippen LogP contribution < -0.4 is 11.1 Å². The Morgan fingerprint density at radius 3 is 3.08 bits per heavy atom. The van der Waals surface area contributed by atoms with Gasteiger partial charge < -0.3 is 11.1 Å². The van der Waals surface area contributed by atoms with Gasteiger partial charge in [-0.3, -0.25) is 4.79 Å². The summed E-state index contributed by atoms with van der Waals surface area (Å²) in [6, 6.07) is -0.466. The zero-order valence-electron chi connectivity index (χ0n) is 7.32. The summed E-state index contributed by atoms with van der Waals surface area (Å²) in [6.45, 7) is 2.10. The van der Waals surface area contributed by atoms with Crippen molar-refractivity contribution in [3.63, 3.8) is 0 Å². The Morgan fingerprint density at radius 1 is 1.77 bits per heavy atom. The second-order valence-electron chi connectivity index (χ2n) is 2.56. The summed E-state index contributed by atoms with van der Waals surface area (Å²) in [5.74, 6) is 0.240. The van der Waals surface area contributed by atoms with Gasteiger partial charge in [0.1, 0.15) is 0 Å². The average Bonchev–Trinajstić information content (AvgIpc) is 2.65. The molecule has 1 heterocycles. The summed E-state index contributed by atoms with van der Waals surface area (Å²) in [6.07, 6.45) is 0.609. The van der Waals surface area contributed by atoms with Crippen LogP contribution in [0.5, 0.6) is 0 Å². The lowest BCUT2D eigenvalue weighted by Gasteiger charge is -2.07. The van der Waals surface area contributed by atoms with Gasteiger partial charge in [0.05, 0.1) is 12.6 Å². The van der Waals surface area contributed by atoms with Crippen molar-refractivity contribution in [2.75, 3.05) is 0 Å². The van der Waals surface area contributed by atoms with Crippen LogP contribution in [0.4, 0.5) is 0 Å². The minimum atomic E-state index is -0.466. The van der Waals surface area contributed by atoms with Gasteiger partial charge in [-0.25, -0.2) is 0 Å². The molecule has 1 aromatic heterocycles. The predicted molar refractivity (Wildman–Crippen MR) is 44.3 cm³/mol. The lowest BCUT2D eigenvalue weighted by atomic mass is 10.2. The molecule has 1 amide bonds. The van der Waals surface area contributed by atoms with Crippen LogP contribution in [0.3, 0.4) is 0 Å². The van der Waals surface area contributed by atoms with Crippen molar-refractivity contribution >= 4 is 5.91 Å². The molecular formula is C6H12N6O. The Bertz CT molecular complexity index is 258. The van der Waals surface area contributed by atoms with E-state index in [1.54, 1.807) is 0 Å². The molecule has 7 heteroatoms. The zero-order valence-corrected chi connectivity index (χ0v) is 7.32. The first kappa shape index (κ1) is 9.59. The van der Waals surface area contributed by atoms with E-state index in [0.29, 0.717) is 12.2 Å². The average molecular weight is 184 g/mol. The Morgan fingerprint density at radius 2 is 2.54 bits per heavy atom. The van der Waals surface area contributed by atoms with E-state index in [1.165, 1.54) is 0 Å². The topological polar surface area (TPSA) is 110 Å².